The minimum Gasteiger partial charge on any atom is -0.396 e. The molecule has 1 aromatic carbocycles. The zero-order chi connectivity index (χ0) is 17.9. The molecule has 0 spiro atoms. The van der Waals surface area contributed by atoms with Gasteiger partial charge in [-0.3, -0.25) is 9.36 Å². The van der Waals surface area contributed by atoms with Crippen LogP contribution < -0.4 is 22.0 Å². The van der Waals surface area contributed by atoms with Crippen molar-refractivity contribution in [1.29, 1.82) is 0 Å². The Balaban J connectivity index is 0.00000196. The predicted molar refractivity (Wildman–Crippen MR) is 101 cm³/mol. The van der Waals surface area contributed by atoms with Crippen LogP contribution in [0.25, 0.3) is 10.9 Å². The lowest BCUT2D eigenvalue weighted by Gasteiger charge is -2.23. The number of aliphatic hydroxyl groups is 1. The average molecular weight is 405 g/mol. The first kappa shape index (κ1) is 19.0. The maximum absolute atomic E-state index is 14.8. The number of benzene rings is 1. The molecule has 0 amide bonds. The third kappa shape index (κ3) is 2.76. The lowest BCUT2D eigenvalue weighted by atomic mass is 10.1. The van der Waals surface area contributed by atoms with E-state index >= 15 is 0 Å². The Bertz CT molecular complexity index is 986. The maximum Gasteiger partial charge on any atom is 0.350 e. The molecule has 2 aliphatic rings. The van der Waals surface area contributed by atoms with Crippen LogP contribution in [0.2, 0.25) is 5.02 Å². The molecule has 2 aromatic rings. The smallest absolute Gasteiger partial charge is 0.350 e. The summed E-state index contributed by atoms with van der Waals surface area (Å²) in [5.74, 6) is 5.00. The third-order valence-electron chi connectivity index (χ3n) is 5.04. The van der Waals surface area contributed by atoms with E-state index in [2.05, 4.69) is 0 Å². The Morgan fingerprint density at radius 2 is 2.00 bits per heavy atom. The van der Waals surface area contributed by atoms with Crippen LogP contribution >= 0.6 is 24.0 Å². The van der Waals surface area contributed by atoms with Gasteiger partial charge in [0.1, 0.15) is 5.82 Å². The molecule has 2 heterocycles. The summed E-state index contributed by atoms with van der Waals surface area (Å²) >= 11 is 6.50. The third-order valence-corrected chi connectivity index (χ3v) is 5.40. The number of rotatable bonds is 3. The molecule has 1 atom stereocenters. The first-order valence-corrected chi connectivity index (χ1v) is 8.62. The van der Waals surface area contributed by atoms with Crippen molar-refractivity contribution in [2.24, 2.45) is 5.92 Å². The molecule has 1 aliphatic heterocycles. The monoisotopic (exact) mass is 404 g/mol. The second kappa shape index (κ2) is 6.75. The summed E-state index contributed by atoms with van der Waals surface area (Å²) < 4.78 is 16.7. The molecular formula is C16H19Cl2FN4O3. The number of aromatic nitrogens is 2. The number of fused-ring (bicyclic) bond motifs is 1. The molecule has 1 aliphatic carbocycles. The zero-order valence-corrected chi connectivity index (χ0v) is 15.4. The van der Waals surface area contributed by atoms with Gasteiger partial charge in [-0.2, -0.15) is 4.68 Å². The topological polar surface area (TPSA) is 93.5 Å². The maximum atomic E-state index is 14.8. The summed E-state index contributed by atoms with van der Waals surface area (Å²) in [5, 5.41) is 9.36. The predicted octanol–water partition coefficient (Wildman–Crippen LogP) is 1.24. The fraction of sp³-hybridized carbons (Fsp3) is 0.500. The number of nitrogens with zero attached hydrogens (tertiary/aromatic N) is 3. The first-order chi connectivity index (χ1) is 11.9. The van der Waals surface area contributed by atoms with Crippen molar-refractivity contribution >= 4 is 40.6 Å². The Morgan fingerprint density at radius 1 is 1.31 bits per heavy atom. The molecule has 1 saturated carbocycles. The summed E-state index contributed by atoms with van der Waals surface area (Å²) in [7, 11) is 0. The van der Waals surface area contributed by atoms with Crippen LogP contribution in [0.5, 0.6) is 0 Å². The highest BCUT2D eigenvalue weighted by Crippen LogP contribution is 2.41. The number of halogens is 3. The lowest BCUT2D eigenvalue weighted by Crippen LogP contribution is -2.44. The SMILES string of the molecule is Cl.Nn1c(=O)c2cc(F)c(N3CCC(CO)C3)c(Cl)c2n(C2CC2)c1=O. The van der Waals surface area contributed by atoms with Crippen molar-refractivity contribution in [3.63, 3.8) is 0 Å². The van der Waals surface area contributed by atoms with Crippen LogP contribution in [0.3, 0.4) is 0 Å². The molecule has 1 aromatic heterocycles. The molecule has 7 nitrogen and oxygen atoms in total. The summed E-state index contributed by atoms with van der Waals surface area (Å²) in [5.41, 5.74) is -0.995. The van der Waals surface area contributed by atoms with Gasteiger partial charge in [0, 0.05) is 31.7 Å². The summed E-state index contributed by atoms with van der Waals surface area (Å²) in [6.07, 6.45) is 2.29. The molecule has 26 heavy (non-hydrogen) atoms. The highest BCUT2D eigenvalue weighted by molar-refractivity contribution is 6.38. The quantitative estimate of drug-likeness (QED) is 0.750. The van der Waals surface area contributed by atoms with Gasteiger partial charge in [-0.1, -0.05) is 11.6 Å². The van der Waals surface area contributed by atoms with E-state index in [1.165, 1.54) is 4.57 Å². The molecule has 4 rings (SSSR count). The van der Waals surface area contributed by atoms with E-state index in [9.17, 15) is 19.1 Å². The van der Waals surface area contributed by atoms with Crippen molar-refractivity contribution in [2.45, 2.75) is 25.3 Å². The van der Waals surface area contributed by atoms with Gasteiger partial charge >= 0.3 is 5.69 Å². The Labute approximate surface area is 159 Å². The van der Waals surface area contributed by atoms with Crippen molar-refractivity contribution < 1.29 is 9.50 Å². The van der Waals surface area contributed by atoms with Crippen LogP contribution in [0.15, 0.2) is 15.7 Å². The minimum absolute atomic E-state index is 0. The summed E-state index contributed by atoms with van der Waals surface area (Å²) in [6.45, 7) is 1.04. The average Bonchev–Trinajstić information content (AvgIpc) is 3.31. The van der Waals surface area contributed by atoms with Gasteiger partial charge in [0.2, 0.25) is 0 Å². The molecular weight excluding hydrogens is 386 g/mol. The first-order valence-electron chi connectivity index (χ1n) is 8.24. The summed E-state index contributed by atoms with van der Waals surface area (Å²) in [4.78, 5) is 26.5. The van der Waals surface area contributed by atoms with E-state index in [0.717, 1.165) is 25.3 Å². The van der Waals surface area contributed by atoms with Gasteiger partial charge in [0.05, 0.1) is 21.6 Å². The molecule has 1 saturated heterocycles. The number of hydrogen-bond acceptors (Lipinski definition) is 5. The lowest BCUT2D eigenvalue weighted by molar-refractivity contribution is 0.238. The highest BCUT2D eigenvalue weighted by Gasteiger charge is 2.32. The number of aliphatic hydroxyl groups excluding tert-OH is 1. The van der Waals surface area contributed by atoms with Crippen molar-refractivity contribution in [1.82, 2.24) is 9.24 Å². The molecule has 0 radical (unpaired) electrons. The van der Waals surface area contributed by atoms with Crippen LogP contribution in [-0.4, -0.2) is 34.0 Å². The van der Waals surface area contributed by atoms with Crippen LogP contribution in [0, 0.1) is 11.7 Å². The highest BCUT2D eigenvalue weighted by atomic mass is 35.5. The van der Waals surface area contributed by atoms with Crippen molar-refractivity contribution in [3.05, 3.63) is 37.7 Å². The van der Waals surface area contributed by atoms with E-state index in [1.54, 1.807) is 4.90 Å². The zero-order valence-electron chi connectivity index (χ0n) is 13.8. The molecule has 10 heteroatoms. The van der Waals surface area contributed by atoms with E-state index < -0.39 is 17.1 Å². The second-order valence-corrected chi connectivity index (χ2v) is 7.14. The largest absolute Gasteiger partial charge is 0.396 e. The Kier molecular flexibility index (Phi) is 4.94. The minimum atomic E-state index is -0.765. The van der Waals surface area contributed by atoms with Crippen LogP contribution in [-0.2, 0) is 0 Å². The van der Waals surface area contributed by atoms with Gasteiger partial charge in [-0.05, 0) is 25.3 Å². The standard InChI is InChI=1S/C16H18ClFN4O3.ClH/c17-12-13-10(15(24)22(19)16(25)21(13)9-1-2-9)5-11(18)14(12)20-4-3-8(6-20)7-23;/h5,8-9,23H,1-4,6-7,19H2;1H. The van der Waals surface area contributed by atoms with Crippen LogP contribution in [0.1, 0.15) is 25.3 Å². The number of anilines is 1. The second-order valence-electron chi connectivity index (χ2n) is 6.76. The fourth-order valence-corrected chi connectivity index (χ4v) is 3.97. The van der Waals surface area contributed by atoms with E-state index in [4.69, 9.17) is 17.4 Å². The normalized spacial score (nSPS) is 19.8. The van der Waals surface area contributed by atoms with Crippen molar-refractivity contribution in [3.8, 4) is 0 Å². The number of nitrogen functional groups attached to an aromatic ring is 1. The van der Waals surface area contributed by atoms with Crippen molar-refractivity contribution in [2.75, 3.05) is 30.4 Å². The Hall–Kier alpha value is -1.77. The van der Waals surface area contributed by atoms with Gasteiger partial charge in [-0.25, -0.2) is 9.18 Å². The fourth-order valence-electron chi connectivity index (χ4n) is 3.57. The van der Waals surface area contributed by atoms with Crippen LogP contribution in [0.4, 0.5) is 10.1 Å². The van der Waals surface area contributed by atoms with E-state index in [0.29, 0.717) is 17.8 Å². The van der Waals surface area contributed by atoms with Gasteiger partial charge in [0.15, 0.2) is 0 Å². The van der Waals surface area contributed by atoms with Gasteiger partial charge in [0.25, 0.3) is 5.56 Å². The molecule has 1 unspecified atom stereocenters. The van der Waals surface area contributed by atoms with Gasteiger partial charge < -0.3 is 15.8 Å². The molecule has 142 valence electrons. The van der Waals surface area contributed by atoms with E-state index in [-0.39, 0.29) is 52.6 Å². The number of nitrogens with two attached hydrogens (primary N) is 1. The Morgan fingerprint density at radius 3 is 2.58 bits per heavy atom. The van der Waals surface area contributed by atoms with Gasteiger partial charge in [-0.15, -0.1) is 12.4 Å². The molecule has 0 bridgehead atoms. The molecule has 2 fully saturated rings. The van der Waals surface area contributed by atoms with E-state index in [1.807, 2.05) is 0 Å². The number of hydrogen-bond donors (Lipinski definition) is 2. The molecule has 3 N–H and O–H groups in total. The summed E-state index contributed by atoms with van der Waals surface area (Å²) in [6, 6.07) is 1.03.